The number of nitrogens with zero attached hydrogens (tertiary/aromatic N) is 6. The quantitative estimate of drug-likeness (QED) is 0.836. The number of fused-ring (bicyclic) bond motifs is 1. The van der Waals surface area contributed by atoms with Crippen LogP contribution in [0.2, 0.25) is 0 Å². The Morgan fingerprint density at radius 1 is 1.32 bits per heavy atom. The number of carbonyl (C=O) groups excluding carboxylic acids is 1. The first kappa shape index (κ1) is 16.3. The average Bonchev–Trinajstić information content (AvgIpc) is 3.28. The number of piperidine rings is 1. The molecular formula is C18H26N6O. The van der Waals surface area contributed by atoms with Crippen molar-refractivity contribution >= 4 is 5.91 Å². The summed E-state index contributed by atoms with van der Waals surface area (Å²) in [6.45, 7) is 5.44. The Morgan fingerprint density at radius 3 is 2.88 bits per heavy atom. The fraction of sp³-hybridized carbons (Fsp3) is 0.611. The highest BCUT2D eigenvalue weighted by Gasteiger charge is 2.45. The van der Waals surface area contributed by atoms with E-state index in [-0.39, 0.29) is 11.9 Å². The number of hydrogen-bond donors (Lipinski definition) is 0. The van der Waals surface area contributed by atoms with Gasteiger partial charge in [-0.3, -0.25) is 14.4 Å². The molecule has 2 aromatic heterocycles. The lowest BCUT2D eigenvalue weighted by molar-refractivity contribution is -0.133. The Bertz CT molecular complexity index is 724. The fourth-order valence-corrected chi connectivity index (χ4v) is 4.60. The van der Waals surface area contributed by atoms with E-state index < -0.39 is 0 Å². The van der Waals surface area contributed by atoms with Gasteiger partial charge in [0.1, 0.15) is 5.82 Å². The molecule has 1 amide bonds. The first-order valence-corrected chi connectivity index (χ1v) is 9.06. The van der Waals surface area contributed by atoms with Gasteiger partial charge in [-0.1, -0.05) is 0 Å². The molecule has 7 nitrogen and oxygen atoms in total. The second-order valence-corrected chi connectivity index (χ2v) is 7.35. The summed E-state index contributed by atoms with van der Waals surface area (Å²) in [4.78, 5) is 21.4. The van der Waals surface area contributed by atoms with Gasteiger partial charge >= 0.3 is 0 Å². The molecule has 2 fully saturated rings. The number of amides is 1. The highest BCUT2D eigenvalue weighted by molar-refractivity contribution is 5.74. The highest BCUT2D eigenvalue weighted by atomic mass is 16.2. The van der Waals surface area contributed by atoms with Crippen molar-refractivity contribution < 1.29 is 4.79 Å². The van der Waals surface area contributed by atoms with E-state index in [0.717, 1.165) is 44.8 Å². The lowest BCUT2D eigenvalue weighted by Crippen LogP contribution is -2.48. The van der Waals surface area contributed by atoms with Crippen LogP contribution in [0.4, 0.5) is 0 Å². The molecule has 0 bridgehead atoms. The van der Waals surface area contributed by atoms with Gasteiger partial charge in [0.2, 0.25) is 5.91 Å². The van der Waals surface area contributed by atoms with Crippen molar-refractivity contribution in [1.82, 2.24) is 29.1 Å². The van der Waals surface area contributed by atoms with E-state index in [1.165, 1.54) is 0 Å². The minimum atomic E-state index is 0.196. The highest BCUT2D eigenvalue weighted by Crippen LogP contribution is 2.36. The molecule has 25 heavy (non-hydrogen) atoms. The molecule has 0 N–H and O–H groups in total. The smallest absolute Gasteiger partial charge is 0.220 e. The number of hydrogen-bond acceptors (Lipinski definition) is 4. The van der Waals surface area contributed by atoms with E-state index in [1.807, 2.05) is 36.4 Å². The van der Waals surface area contributed by atoms with E-state index >= 15 is 0 Å². The topological polar surface area (TPSA) is 59.2 Å². The Hall–Kier alpha value is -2.15. The van der Waals surface area contributed by atoms with Gasteiger partial charge in [0.15, 0.2) is 0 Å². The molecule has 3 atom stereocenters. The van der Waals surface area contributed by atoms with Crippen LogP contribution >= 0.6 is 0 Å². The monoisotopic (exact) mass is 342 g/mol. The second-order valence-electron chi connectivity index (χ2n) is 7.35. The van der Waals surface area contributed by atoms with Crippen LogP contribution in [0, 0.1) is 5.92 Å². The van der Waals surface area contributed by atoms with E-state index in [4.69, 9.17) is 0 Å². The normalized spacial score (nSPS) is 26.8. The molecule has 4 heterocycles. The number of rotatable bonds is 4. The van der Waals surface area contributed by atoms with Crippen molar-refractivity contribution in [1.29, 1.82) is 0 Å². The largest absolute Gasteiger partial charge is 0.337 e. The maximum atomic E-state index is 12.3. The summed E-state index contributed by atoms with van der Waals surface area (Å²) in [5.41, 5.74) is 0. The van der Waals surface area contributed by atoms with Crippen molar-refractivity contribution in [2.75, 3.05) is 13.1 Å². The number of aromatic nitrogens is 4. The molecule has 7 heteroatoms. The molecule has 2 aliphatic heterocycles. The zero-order valence-corrected chi connectivity index (χ0v) is 15.0. The van der Waals surface area contributed by atoms with Crippen molar-refractivity contribution in [3.05, 3.63) is 36.7 Å². The van der Waals surface area contributed by atoms with Gasteiger partial charge in [0.05, 0.1) is 19.1 Å². The third kappa shape index (κ3) is 3.20. The van der Waals surface area contributed by atoms with E-state index in [2.05, 4.69) is 24.4 Å². The maximum Gasteiger partial charge on any atom is 0.220 e. The summed E-state index contributed by atoms with van der Waals surface area (Å²) >= 11 is 0. The van der Waals surface area contributed by atoms with Crippen LogP contribution in [0.3, 0.4) is 0 Å². The zero-order valence-electron chi connectivity index (χ0n) is 15.0. The Labute approximate surface area is 148 Å². The molecular weight excluding hydrogens is 316 g/mol. The van der Waals surface area contributed by atoms with Crippen LogP contribution in [-0.4, -0.2) is 60.2 Å². The van der Waals surface area contributed by atoms with Crippen LogP contribution in [0.25, 0.3) is 0 Å². The summed E-state index contributed by atoms with van der Waals surface area (Å²) in [6.07, 6.45) is 9.73. The van der Waals surface area contributed by atoms with Crippen molar-refractivity contribution in [3.63, 3.8) is 0 Å². The predicted octanol–water partition coefficient (Wildman–Crippen LogP) is 1.13. The van der Waals surface area contributed by atoms with Crippen molar-refractivity contribution in [3.8, 4) is 0 Å². The predicted molar refractivity (Wildman–Crippen MR) is 93.5 cm³/mol. The summed E-state index contributed by atoms with van der Waals surface area (Å²) < 4.78 is 4.03. The van der Waals surface area contributed by atoms with Crippen LogP contribution in [-0.2, 0) is 24.9 Å². The first-order chi connectivity index (χ1) is 12.1. The third-order valence-corrected chi connectivity index (χ3v) is 5.71. The number of carbonyl (C=O) groups is 1. The number of imidazole rings is 1. The summed E-state index contributed by atoms with van der Waals surface area (Å²) in [5.74, 6) is 1.84. The van der Waals surface area contributed by atoms with Gasteiger partial charge in [-0.15, -0.1) is 0 Å². The van der Waals surface area contributed by atoms with Gasteiger partial charge < -0.3 is 9.47 Å². The van der Waals surface area contributed by atoms with Crippen LogP contribution < -0.4 is 0 Å². The molecule has 2 saturated heterocycles. The lowest BCUT2D eigenvalue weighted by atomic mass is 9.92. The summed E-state index contributed by atoms with van der Waals surface area (Å²) in [7, 11) is 2.04. The molecule has 134 valence electrons. The standard InChI is InChI=1S/C18H26N6O/c1-14(25)24-16(12-23-7-3-5-20-23)10-15-11-22(8-4-17(15)24)13-18-19-6-9-21(18)2/h3,5-7,9,15-17H,4,8,10-13H2,1-2H3/t15-,16+,17+/m1/s1. The van der Waals surface area contributed by atoms with Crippen LogP contribution in [0.15, 0.2) is 30.9 Å². The summed E-state index contributed by atoms with van der Waals surface area (Å²) in [6, 6.07) is 2.56. The zero-order chi connectivity index (χ0) is 17.4. The first-order valence-electron chi connectivity index (χ1n) is 9.06. The van der Waals surface area contributed by atoms with Crippen LogP contribution in [0.5, 0.6) is 0 Å². The van der Waals surface area contributed by atoms with Crippen molar-refractivity contribution in [2.45, 2.75) is 44.9 Å². The second kappa shape index (κ2) is 6.63. The Balaban J connectivity index is 1.45. The van der Waals surface area contributed by atoms with Gasteiger partial charge in [0, 0.05) is 57.9 Å². The fourth-order valence-electron chi connectivity index (χ4n) is 4.60. The molecule has 4 rings (SSSR count). The van der Waals surface area contributed by atoms with E-state index in [9.17, 15) is 4.79 Å². The van der Waals surface area contributed by atoms with Gasteiger partial charge in [0.25, 0.3) is 0 Å². The Kier molecular flexibility index (Phi) is 4.33. The van der Waals surface area contributed by atoms with E-state index in [1.54, 1.807) is 13.1 Å². The van der Waals surface area contributed by atoms with Gasteiger partial charge in [-0.25, -0.2) is 4.98 Å². The van der Waals surface area contributed by atoms with Crippen molar-refractivity contribution in [2.24, 2.45) is 13.0 Å². The third-order valence-electron chi connectivity index (χ3n) is 5.71. The average molecular weight is 342 g/mol. The van der Waals surface area contributed by atoms with Gasteiger partial charge in [-0.05, 0) is 24.8 Å². The molecule has 0 unspecified atom stereocenters. The maximum absolute atomic E-state index is 12.3. The lowest BCUT2D eigenvalue weighted by Gasteiger charge is -2.38. The molecule has 2 aliphatic rings. The Morgan fingerprint density at radius 2 is 2.20 bits per heavy atom. The number of likely N-dealkylation sites (tertiary alicyclic amines) is 2. The molecule has 0 radical (unpaired) electrons. The molecule has 0 aromatic carbocycles. The minimum absolute atomic E-state index is 0.196. The number of aryl methyl sites for hydroxylation is 1. The van der Waals surface area contributed by atoms with Crippen LogP contribution in [0.1, 0.15) is 25.6 Å². The van der Waals surface area contributed by atoms with Gasteiger partial charge in [-0.2, -0.15) is 5.10 Å². The minimum Gasteiger partial charge on any atom is -0.337 e. The summed E-state index contributed by atoms with van der Waals surface area (Å²) in [5, 5.41) is 4.32. The van der Waals surface area contributed by atoms with E-state index in [0.29, 0.717) is 12.0 Å². The molecule has 0 spiro atoms. The molecule has 0 aliphatic carbocycles. The molecule has 2 aromatic rings. The molecule has 0 saturated carbocycles. The SMILES string of the molecule is CC(=O)N1[C@H](Cn2cccn2)C[C@@H]2CN(Cc3nccn3C)CC[C@@H]21.